The molecule has 0 aliphatic carbocycles. The number of aromatic nitrogens is 1. The van der Waals surface area contributed by atoms with Gasteiger partial charge in [-0.2, -0.15) is 0 Å². The van der Waals surface area contributed by atoms with E-state index >= 15 is 0 Å². The number of nitrogens with one attached hydrogen (secondary N) is 1. The van der Waals surface area contributed by atoms with Crippen LogP contribution in [0, 0.1) is 0 Å². The number of pyridine rings is 1. The topological polar surface area (TPSA) is 94.2 Å². The highest BCUT2D eigenvalue weighted by molar-refractivity contribution is 6.31. The van der Waals surface area contributed by atoms with Crippen molar-refractivity contribution < 1.29 is 9.59 Å². The first-order valence-corrected chi connectivity index (χ1v) is 7.80. The predicted octanol–water partition coefficient (Wildman–Crippen LogP) is 2.39. The Hall–Kier alpha value is -3.12. The maximum atomic E-state index is 12.3. The molecule has 0 bridgehead atoms. The van der Waals surface area contributed by atoms with Crippen molar-refractivity contribution in [2.75, 3.05) is 5.32 Å². The maximum absolute atomic E-state index is 12.3. The van der Waals surface area contributed by atoms with Crippen LogP contribution >= 0.6 is 11.6 Å². The molecule has 126 valence electrons. The molecule has 0 saturated carbocycles. The minimum Gasteiger partial charge on any atom is -0.366 e. The number of amides is 2. The molecule has 0 unspecified atom stereocenters. The quantitative estimate of drug-likeness (QED) is 0.752. The molecule has 0 radical (unpaired) electrons. The summed E-state index contributed by atoms with van der Waals surface area (Å²) >= 11 is 5.93. The highest BCUT2D eigenvalue weighted by Gasteiger charge is 2.08. The second-order valence-corrected chi connectivity index (χ2v) is 5.90. The van der Waals surface area contributed by atoms with E-state index in [4.69, 9.17) is 17.3 Å². The van der Waals surface area contributed by atoms with Crippen molar-refractivity contribution >= 4 is 40.0 Å². The number of hydrogen-bond donors (Lipinski definition) is 2. The zero-order valence-electron chi connectivity index (χ0n) is 13.0. The fourth-order valence-corrected chi connectivity index (χ4v) is 2.67. The summed E-state index contributed by atoms with van der Waals surface area (Å²) in [6.45, 7) is 0.0238. The van der Waals surface area contributed by atoms with Crippen LogP contribution in [-0.4, -0.2) is 16.4 Å². The zero-order valence-corrected chi connectivity index (χ0v) is 13.8. The van der Waals surface area contributed by atoms with E-state index < -0.39 is 5.91 Å². The highest BCUT2D eigenvalue weighted by Crippen LogP contribution is 2.17. The first-order chi connectivity index (χ1) is 11.9. The highest BCUT2D eigenvalue weighted by atomic mass is 35.5. The number of carbonyl (C=O) groups is 2. The summed E-state index contributed by atoms with van der Waals surface area (Å²) in [6.07, 6.45) is 1.56. The van der Waals surface area contributed by atoms with E-state index in [1.165, 1.54) is 18.2 Å². The Morgan fingerprint density at radius 2 is 1.80 bits per heavy atom. The average molecular weight is 356 g/mol. The molecule has 2 aromatic carbocycles. The second-order valence-electron chi connectivity index (χ2n) is 5.46. The molecule has 0 aliphatic rings. The van der Waals surface area contributed by atoms with Gasteiger partial charge in [0.25, 0.3) is 0 Å². The Morgan fingerprint density at radius 3 is 2.48 bits per heavy atom. The molecule has 2 amide bonds. The van der Waals surface area contributed by atoms with Crippen molar-refractivity contribution in [2.45, 2.75) is 6.54 Å². The van der Waals surface area contributed by atoms with E-state index in [0.717, 1.165) is 0 Å². The maximum Gasteiger partial charge on any atom is 0.248 e. The lowest BCUT2D eigenvalue weighted by molar-refractivity contribution is -0.116. The normalized spacial score (nSPS) is 10.6. The molecule has 3 N–H and O–H groups in total. The van der Waals surface area contributed by atoms with Crippen LogP contribution in [0.25, 0.3) is 10.9 Å². The van der Waals surface area contributed by atoms with Gasteiger partial charge in [-0.05, 0) is 42.5 Å². The van der Waals surface area contributed by atoms with Crippen LogP contribution in [0.15, 0.2) is 59.5 Å². The third kappa shape index (κ3) is 3.70. The Labute approximate surface area is 147 Å². The van der Waals surface area contributed by atoms with E-state index in [1.807, 2.05) is 0 Å². The van der Waals surface area contributed by atoms with Gasteiger partial charge in [-0.3, -0.25) is 14.4 Å². The van der Waals surface area contributed by atoms with Crippen LogP contribution in [0.5, 0.6) is 0 Å². The number of nitrogens with zero attached hydrogens (tertiary/aromatic N) is 1. The Bertz CT molecular complexity index is 1030. The van der Waals surface area contributed by atoms with Crippen LogP contribution < -0.4 is 16.5 Å². The van der Waals surface area contributed by atoms with Gasteiger partial charge in [0.2, 0.25) is 11.8 Å². The molecule has 0 spiro atoms. The molecular weight excluding hydrogens is 342 g/mol. The summed E-state index contributed by atoms with van der Waals surface area (Å²) < 4.78 is 1.67. The number of primary amides is 1. The summed E-state index contributed by atoms with van der Waals surface area (Å²) in [5.41, 5.74) is 6.55. The van der Waals surface area contributed by atoms with E-state index in [1.54, 1.807) is 41.1 Å². The Kier molecular flexibility index (Phi) is 4.54. The molecule has 1 heterocycles. The van der Waals surface area contributed by atoms with E-state index in [-0.39, 0.29) is 17.9 Å². The van der Waals surface area contributed by atoms with Crippen molar-refractivity contribution in [3.8, 4) is 0 Å². The monoisotopic (exact) mass is 355 g/mol. The summed E-state index contributed by atoms with van der Waals surface area (Å²) in [6, 6.07) is 12.6. The summed E-state index contributed by atoms with van der Waals surface area (Å²) in [5, 5.41) is 3.64. The third-order valence-corrected chi connectivity index (χ3v) is 3.94. The van der Waals surface area contributed by atoms with Gasteiger partial charge in [0.1, 0.15) is 6.54 Å². The largest absolute Gasteiger partial charge is 0.366 e. The van der Waals surface area contributed by atoms with Gasteiger partial charge < -0.3 is 15.6 Å². The lowest BCUT2D eigenvalue weighted by Crippen LogP contribution is -2.20. The Balaban J connectivity index is 1.81. The molecule has 6 nitrogen and oxygen atoms in total. The van der Waals surface area contributed by atoms with Gasteiger partial charge in [-0.25, -0.2) is 0 Å². The SMILES string of the molecule is NC(=O)c1ccc(NC(=O)Cn2ccc(=O)c3cc(Cl)ccc32)cc1. The smallest absolute Gasteiger partial charge is 0.248 e. The molecule has 7 heteroatoms. The Morgan fingerprint density at radius 1 is 1.08 bits per heavy atom. The zero-order chi connectivity index (χ0) is 18.0. The van der Waals surface area contributed by atoms with Gasteiger partial charge in [0.15, 0.2) is 5.43 Å². The van der Waals surface area contributed by atoms with Crippen LogP contribution in [0.4, 0.5) is 5.69 Å². The van der Waals surface area contributed by atoms with Gasteiger partial charge in [0.05, 0.1) is 5.52 Å². The number of benzene rings is 2. The molecule has 3 aromatic rings. The number of halogens is 1. The van der Waals surface area contributed by atoms with Crippen LogP contribution in [0.2, 0.25) is 5.02 Å². The van der Waals surface area contributed by atoms with E-state index in [0.29, 0.717) is 27.2 Å². The van der Waals surface area contributed by atoms with Gasteiger partial charge in [-0.15, -0.1) is 0 Å². The number of fused-ring (bicyclic) bond motifs is 1. The minimum absolute atomic E-state index is 0.0238. The summed E-state index contributed by atoms with van der Waals surface area (Å²) in [7, 11) is 0. The number of rotatable bonds is 4. The molecular formula is C18H14ClN3O3. The lowest BCUT2D eigenvalue weighted by Gasteiger charge is -2.11. The minimum atomic E-state index is -0.531. The first-order valence-electron chi connectivity index (χ1n) is 7.42. The van der Waals surface area contributed by atoms with Crippen molar-refractivity contribution in [2.24, 2.45) is 5.73 Å². The van der Waals surface area contributed by atoms with Crippen molar-refractivity contribution in [3.63, 3.8) is 0 Å². The molecule has 1 aromatic heterocycles. The van der Waals surface area contributed by atoms with Crippen LogP contribution in [0.1, 0.15) is 10.4 Å². The average Bonchev–Trinajstić information content (AvgIpc) is 2.58. The summed E-state index contributed by atoms with van der Waals surface area (Å²) in [5.74, 6) is -0.803. The van der Waals surface area contributed by atoms with Crippen molar-refractivity contribution in [1.29, 1.82) is 0 Å². The third-order valence-electron chi connectivity index (χ3n) is 3.71. The molecule has 25 heavy (non-hydrogen) atoms. The van der Waals surface area contributed by atoms with Crippen LogP contribution in [0.3, 0.4) is 0 Å². The van der Waals surface area contributed by atoms with Crippen molar-refractivity contribution in [1.82, 2.24) is 4.57 Å². The molecule has 0 saturated heterocycles. The fourth-order valence-electron chi connectivity index (χ4n) is 2.49. The molecule has 0 aliphatic heterocycles. The van der Waals surface area contributed by atoms with E-state index in [9.17, 15) is 14.4 Å². The standard InChI is InChI=1S/C18H14ClN3O3/c19-12-3-6-15-14(9-12)16(23)7-8-22(15)10-17(24)21-13-4-1-11(2-5-13)18(20)25/h1-9H,10H2,(H2,20,25)(H,21,24). The number of hydrogen-bond acceptors (Lipinski definition) is 3. The summed E-state index contributed by atoms with van der Waals surface area (Å²) in [4.78, 5) is 35.3. The van der Waals surface area contributed by atoms with Gasteiger partial charge in [0, 0.05) is 33.9 Å². The number of carbonyl (C=O) groups excluding carboxylic acids is 2. The molecule has 0 atom stereocenters. The van der Waals surface area contributed by atoms with Gasteiger partial charge >= 0.3 is 0 Å². The van der Waals surface area contributed by atoms with E-state index in [2.05, 4.69) is 5.32 Å². The predicted molar refractivity (Wildman–Crippen MR) is 96.8 cm³/mol. The van der Waals surface area contributed by atoms with Gasteiger partial charge in [-0.1, -0.05) is 11.6 Å². The molecule has 3 rings (SSSR count). The first kappa shape index (κ1) is 16.7. The number of anilines is 1. The van der Waals surface area contributed by atoms with Crippen LogP contribution in [-0.2, 0) is 11.3 Å². The van der Waals surface area contributed by atoms with Crippen molar-refractivity contribution in [3.05, 3.63) is 75.5 Å². The second kappa shape index (κ2) is 6.78. The number of nitrogens with two attached hydrogens (primary N) is 1. The fraction of sp³-hybridized carbons (Fsp3) is 0.0556. The molecule has 0 fully saturated rings. The lowest BCUT2D eigenvalue weighted by atomic mass is 10.2.